The molecule has 196 valence electrons. The van der Waals surface area contributed by atoms with Gasteiger partial charge in [0.15, 0.2) is 15.1 Å². The molecule has 3 amide bonds. The van der Waals surface area contributed by atoms with Crippen molar-refractivity contribution >= 4 is 49.2 Å². The third kappa shape index (κ3) is 5.83. The molecule has 0 saturated carbocycles. The van der Waals surface area contributed by atoms with Gasteiger partial charge in [-0.05, 0) is 29.7 Å². The van der Waals surface area contributed by atoms with E-state index in [0.717, 1.165) is 22.5 Å². The topological polar surface area (TPSA) is 158 Å². The molecule has 15 heteroatoms. The Balaban J connectivity index is 1.77. The highest BCUT2D eigenvalue weighted by Crippen LogP contribution is 2.37. The number of carbonyl (C=O) groups excluding carboxylic acids is 2. The van der Waals surface area contributed by atoms with Crippen molar-refractivity contribution < 1.29 is 35.9 Å². The Labute approximate surface area is 212 Å². The molecular weight excluding hydrogens is 535 g/mol. The summed E-state index contributed by atoms with van der Waals surface area (Å²) in [6.45, 7) is 0. The van der Waals surface area contributed by atoms with Crippen molar-refractivity contribution in [3.63, 3.8) is 0 Å². The number of hydrazone groups is 1. The Hall–Kier alpha value is -3.72. The summed E-state index contributed by atoms with van der Waals surface area (Å²) < 4.78 is 70.6. The number of ether oxygens (including phenoxy) is 1. The third-order valence-electron chi connectivity index (χ3n) is 5.34. The number of hydrogen-bond donors (Lipinski definition) is 2. The first-order valence-electron chi connectivity index (χ1n) is 10.7. The van der Waals surface area contributed by atoms with Gasteiger partial charge in [0.2, 0.25) is 5.90 Å². The summed E-state index contributed by atoms with van der Waals surface area (Å²) in [5.74, 6) is -2.71. The number of nitrogens with two attached hydrogens (primary N) is 2. The number of sulfone groups is 1. The zero-order valence-corrected chi connectivity index (χ0v) is 20.5. The molecule has 0 fully saturated rings. The van der Waals surface area contributed by atoms with E-state index in [1.54, 1.807) is 18.2 Å². The molecule has 2 atom stereocenters. The van der Waals surface area contributed by atoms with Crippen LogP contribution in [0.2, 0.25) is 0 Å². The van der Waals surface area contributed by atoms with Crippen LogP contribution >= 0.6 is 11.3 Å². The van der Waals surface area contributed by atoms with Crippen molar-refractivity contribution in [2.75, 3.05) is 5.75 Å². The predicted octanol–water partition coefficient (Wildman–Crippen LogP) is 3.30. The number of amides is 3. The Morgan fingerprint density at radius 3 is 2.41 bits per heavy atom. The van der Waals surface area contributed by atoms with E-state index in [1.165, 1.54) is 0 Å². The van der Waals surface area contributed by atoms with E-state index in [1.807, 2.05) is 30.3 Å². The van der Waals surface area contributed by atoms with Crippen LogP contribution in [0, 0.1) is 0 Å². The number of hydrogen-bond acceptors (Lipinski definition) is 8. The van der Waals surface area contributed by atoms with Gasteiger partial charge < -0.3 is 16.2 Å². The number of benzene rings is 2. The van der Waals surface area contributed by atoms with Crippen molar-refractivity contribution in [3.8, 4) is 11.1 Å². The molecule has 0 spiro atoms. The fourth-order valence-corrected chi connectivity index (χ4v) is 6.79. The van der Waals surface area contributed by atoms with Gasteiger partial charge in [0, 0.05) is 6.42 Å². The number of fused-ring (bicyclic) bond motifs is 1. The Morgan fingerprint density at radius 1 is 1.11 bits per heavy atom. The SMILES string of the molecule is NC(=O)C1OC(C(c2nc3ccc(-c4ccccc4)cc3s2)S(=O)(=O)CCCC(F)(F)F)=NN1C(N)=O. The maximum absolute atomic E-state index is 13.3. The Bertz CT molecular complexity index is 1470. The lowest BCUT2D eigenvalue weighted by molar-refractivity contribution is -0.134. The van der Waals surface area contributed by atoms with Gasteiger partial charge in [0.1, 0.15) is 5.01 Å². The zero-order valence-electron chi connectivity index (χ0n) is 18.9. The van der Waals surface area contributed by atoms with Crippen LogP contribution in [-0.4, -0.2) is 54.4 Å². The van der Waals surface area contributed by atoms with Crippen LogP contribution in [-0.2, 0) is 19.4 Å². The molecule has 0 saturated heterocycles. The highest BCUT2D eigenvalue weighted by Gasteiger charge is 2.45. The maximum atomic E-state index is 13.3. The van der Waals surface area contributed by atoms with Gasteiger partial charge in [0.05, 0.1) is 16.0 Å². The molecule has 0 radical (unpaired) electrons. The number of urea groups is 1. The first-order chi connectivity index (χ1) is 17.4. The first kappa shape index (κ1) is 26.3. The van der Waals surface area contributed by atoms with E-state index in [2.05, 4.69) is 10.1 Å². The molecule has 0 aliphatic carbocycles. The summed E-state index contributed by atoms with van der Waals surface area (Å²) in [7, 11) is -4.43. The van der Waals surface area contributed by atoms with E-state index in [9.17, 15) is 31.2 Å². The number of alkyl halides is 3. The highest BCUT2D eigenvalue weighted by molar-refractivity contribution is 7.92. The first-order valence-corrected chi connectivity index (χ1v) is 13.3. The van der Waals surface area contributed by atoms with E-state index in [0.29, 0.717) is 15.2 Å². The number of rotatable bonds is 8. The molecule has 37 heavy (non-hydrogen) atoms. The largest absolute Gasteiger partial charge is 0.442 e. The summed E-state index contributed by atoms with van der Waals surface area (Å²) >= 11 is 0.962. The van der Waals surface area contributed by atoms with Gasteiger partial charge in [-0.2, -0.15) is 18.2 Å². The van der Waals surface area contributed by atoms with Gasteiger partial charge in [-0.15, -0.1) is 16.4 Å². The van der Waals surface area contributed by atoms with Gasteiger partial charge >= 0.3 is 12.2 Å². The average Bonchev–Trinajstić information content (AvgIpc) is 3.43. The number of aromatic nitrogens is 1. The third-order valence-corrected chi connectivity index (χ3v) is 8.57. The number of halogens is 3. The van der Waals surface area contributed by atoms with E-state index >= 15 is 0 Å². The van der Waals surface area contributed by atoms with Crippen molar-refractivity contribution in [2.24, 2.45) is 16.6 Å². The minimum absolute atomic E-state index is 0.0690. The minimum Gasteiger partial charge on any atom is -0.442 e. The fraction of sp³-hybridized carbons (Fsp3) is 0.273. The van der Waals surface area contributed by atoms with Gasteiger partial charge in [-0.3, -0.25) is 4.79 Å². The number of thiazole rings is 1. The van der Waals surface area contributed by atoms with E-state index in [4.69, 9.17) is 16.2 Å². The molecule has 2 unspecified atom stereocenters. The molecule has 10 nitrogen and oxygen atoms in total. The lowest BCUT2D eigenvalue weighted by Crippen LogP contribution is -2.45. The maximum Gasteiger partial charge on any atom is 0.389 e. The molecule has 2 heterocycles. The quantitative estimate of drug-likeness (QED) is 0.434. The van der Waals surface area contributed by atoms with Gasteiger partial charge in [0.25, 0.3) is 12.1 Å². The van der Waals surface area contributed by atoms with Crippen molar-refractivity contribution in [1.29, 1.82) is 0 Å². The Morgan fingerprint density at radius 2 is 1.81 bits per heavy atom. The van der Waals surface area contributed by atoms with E-state index < -0.39 is 63.9 Å². The molecule has 4 N–H and O–H groups in total. The van der Waals surface area contributed by atoms with Crippen LogP contribution in [0.15, 0.2) is 53.6 Å². The number of carbonyl (C=O) groups is 2. The average molecular weight is 556 g/mol. The van der Waals surface area contributed by atoms with Crippen LogP contribution < -0.4 is 11.5 Å². The molecule has 4 rings (SSSR count). The normalized spacial score (nSPS) is 16.9. The standard InChI is InChI=1S/C22H20F3N5O5S2/c23-22(24,25)9-4-10-37(33,34)16(18-29-30(21(27)32)20(35-18)17(26)31)19-28-14-8-7-13(11-15(14)36-19)12-5-2-1-3-6-12/h1-3,5-8,11,16,20H,4,9-10H2,(H2,26,31)(H2,27,32). The zero-order chi connectivity index (χ0) is 27.0. The van der Waals surface area contributed by atoms with Crippen LogP contribution in [0.25, 0.3) is 21.3 Å². The van der Waals surface area contributed by atoms with Crippen LogP contribution in [0.5, 0.6) is 0 Å². The molecule has 0 bridgehead atoms. The Kier molecular flexibility index (Phi) is 7.10. The summed E-state index contributed by atoms with van der Waals surface area (Å²) in [6.07, 6.45) is -8.43. The molecule has 1 aliphatic heterocycles. The summed E-state index contributed by atoms with van der Waals surface area (Å²) in [4.78, 5) is 27.8. The lowest BCUT2D eigenvalue weighted by atomic mass is 10.1. The van der Waals surface area contributed by atoms with Crippen molar-refractivity contribution in [2.45, 2.75) is 30.5 Å². The highest BCUT2D eigenvalue weighted by atomic mass is 32.2. The lowest BCUT2D eigenvalue weighted by Gasteiger charge is -2.17. The van der Waals surface area contributed by atoms with Gasteiger partial charge in [-0.1, -0.05) is 36.4 Å². The fourth-order valence-electron chi connectivity index (χ4n) is 3.67. The minimum atomic E-state index is -4.56. The predicted molar refractivity (Wildman–Crippen MR) is 130 cm³/mol. The summed E-state index contributed by atoms with van der Waals surface area (Å²) in [6, 6.07) is 13.4. The second-order valence-electron chi connectivity index (χ2n) is 8.06. The monoisotopic (exact) mass is 555 g/mol. The van der Waals surface area contributed by atoms with Crippen molar-refractivity contribution in [3.05, 3.63) is 53.5 Å². The van der Waals surface area contributed by atoms with E-state index in [-0.39, 0.29) is 5.01 Å². The smallest absolute Gasteiger partial charge is 0.389 e. The summed E-state index contributed by atoms with van der Waals surface area (Å²) in [5, 5.41) is 2.24. The van der Waals surface area contributed by atoms with Gasteiger partial charge in [-0.25, -0.2) is 18.2 Å². The number of primary amides is 2. The number of nitrogens with zero attached hydrogens (tertiary/aromatic N) is 3. The molecule has 2 aromatic carbocycles. The van der Waals surface area contributed by atoms with Crippen LogP contribution in [0.1, 0.15) is 23.1 Å². The van der Waals surface area contributed by atoms with Crippen LogP contribution in [0.3, 0.4) is 0 Å². The molecule has 3 aromatic rings. The van der Waals surface area contributed by atoms with Crippen LogP contribution in [0.4, 0.5) is 18.0 Å². The second kappa shape index (κ2) is 9.97. The molecule has 1 aliphatic rings. The molecular formula is C22H20F3N5O5S2. The summed E-state index contributed by atoms with van der Waals surface area (Å²) in [5.41, 5.74) is 12.6. The van der Waals surface area contributed by atoms with Crippen molar-refractivity contribution in [1.82, 2.24) is 9.99 Å². The second-order valence-corrected chi connectivity index (χ2v) is 11.3. The molecule has 1 aromatic heterocycles.